The van der Waals surface area contributed by atoms with Gasteiger partial charge in [-0.1, -0.05) is 0 Å². The maximum absolute atomic E-state index is 13.4. The summed E-state index contributed by atoms with van der Waals surface area (Å²) in [5.41, 5.74) is 0.698. The van der Waals surface area contributed by atoms with Gasteiger partial charge in [0, 0.05) is 24.2 Å². The summed E-state index contributed by atoms with van der Waals surface area (Å²) in [5.74, 6) is -0.815. The van der Waals surface area contributed by atoms with Gasteiger partial charge in [0.15, 0.2) is 0 Å². The van der Waals surface area contributed by atoms with Crippen LogP contribution in [0.4, 0.5) is 0 Å². The average molecular weight is 489 g/mol. The minimum absolute atomic E-state index is 0.00153. The summed E-state index contributed by atoms with van der Waals surface area (Å²) in [6.45, 7) is -0.371. The van der Waals surface area contributed by atoms with Crippen molar-refractivity contribution in [3.8, 4) is 11.5 Å². The number of methoxy groups -OCH3 is 3. The van der Waals surface area contributed by atoms with Gasteiger partial charge in [-0.3, -0.25) is 14.4 Å². The largest absolute Gasteiger partial charge is 0.497 e. The van der Waals surface area contributed by atoms with Crippen LogP contribution in [0.2, 0.25) is 0 Å². The lowest BCUT2D eigenvalue weighted by atomic mass is 10.1. The second kappa shape index (κ2) is 8.98. The fourth-order valence-electron chi connectivity index (χ4n) is 3.83. The number of carbonyl (C=O) groups is 3. The predicted octanol–water partition coefficient (Wildman–Crippen LogP) is 1.83. The van der Waals surface area contributed by atoms with Crippen LogP contribution in [0.15, 0.2) is 41.3 Å². The SMILES string of the molecule is COC(=O)CN(Cc1cc(OC)cc(OC)c1)C(=O)c1ccc2c(c1)S(=O)(=O)N(C1CC1)C2=O. The van der Waals surface area contributed by atoms with Gasteiger partial charge >= 0.3 is 5.97 Å². The van der Waals surface area contributed by atoms with Crippen LogP contribution < -0.4 is 9.47 Å². The minimum Gasteiger partial charge on any atom is -0.497 e. The molecular weight excluding hydrogens is 464 g/mol. The molecule has 1 aliphatic carbocycles. The van der Waals surface area contributed by atoms with Gasteiger partial charge in [0.25, 0.3) is 21.8 Å². The number of hydrogen-bond acceptors (Lipinski definition) is 8. The molecule has 2 aromatic carbocycles. The van der Waals surface area contributed by atoms with Gasteiger partial charge in [-0.15, -0.1) is 0 Å². The summed E-state index contributed by atoms with van der Waals surface area (Å²) in [4.78, 5) is 39.1. The number of sulfonamides is 1. The number of benzene rings is 2. The molecule has 0 bridgehead atoms. The lowest BCUT2D eigenvalue weighted by molar-refractivity contribution is -0.141. The zero-order chi connectivity index (χ0) is 24.6. The Bertz CT molecular complexity index is 1250. The van der Waals surface area contributed by atoms with Crippen LogP contribution in [0, 0.1) is 0 Å². The first kappa shape index (κ1) is 23.6. The second-order valence-electron chi connectivity index (χ2n) is 8.01. The Morgan fingerprint density at radius 3 is 2.24 bits per heavy atom. The lowest BCUT2D eigenvalue weighted by Gasteiger charge is -2.22. The van der Waals surface area contributed by atoms with Crippen LogP contribution in [0.1, 0.15) is 39.1 Å². The molecule has 11 heteroatoms. The first-order chi connectivity index (χ1) is 16.2. The molecule has 180 valence electrons. The van der Waals surface area contributed by atoms with Gasteiger partial charge in [0.05, 0.1) is 26.9 Å². The molecule has 34 heavy (non-hydrogen) atoms. The fraction of sp³-hybridized carbons (Fsp3) is 0.348. The zero-order valence-electron chi connectivity index (χ0n) is 18.9. The topological polar surface area (TPSA) is 120 Å². The average Bonchev–Trinajstić information content (AvgIpc) is 3.64. The maximum Gasteiger partial charge on any atom is 0.325 e. The number of fused-ring (bicyclic) bond motifs is 1. The van der Waals surface area contributed by atoms with Crippen molar-refractivity contribution in [3.63, 3.8) is 0 Å². The van der Waals surface area contributed by atoms with Gasteiger partial charge in [0.1, 0.15) is 22.9 Å². The van der Waals surface area contributed by atoms with E-state index in [1.165, 1.54) is 44.4 Å². The quantitative estimate of drug-likeness (QED) is 0.516. The number of amides is 2. The summed E-state index contributed by atoms with van der Waals surface area (Å²) in [6.07, 6.45) is 1.25. The van der Waals surface area contributed by atoms with Gasteiger partial charge in [-0.2, -0.15) is 0 Å². The molecule has 0 atom stereocenters. The third-order valence-electron chi connectivity index (χ3n) is 5.69. The highest BCUT2D eigenvalue weighted by Crippen LogP contribution is 2.39. The van der Waals surface area contributed by atoms with Crippen LogP contribution in [0.25, 0.3) is 0 Å². The standard InChI is InChI=1S/C23H24N2O8S/c1-31-17-8-14(9-18(11-17)32-2)12-24(13-21(26)33-3)22(27)15-4-7-19-20(10-15)34(29,30)25(23(19)28)16-5-6-16/h4,7-11,16H,5-6,12-13H2,1-3H3. The van der Waals surface area contributed by atoms with Crippen LogP contribution in [0.3, 0.4) is 0 Å². The van der Waals surface area contributed by atoms with Crippen molar-refractivity contribution in [1.29, 1.82) is 0 Å². The number of carbonyl (C=O) groups excluding carboxylic acids is 3. The van der Waals surface area contributed by atoms with Gasteiger partial charge < -0.3 is 19.1 Å². The van der Waals surface area contributed by atoms with Crippen LogP contribution in [0.5, 0.6) is 11.5 Å². The number of nitrogens with zero attached hydrogens (tertiary/aromatic N) is 2. The van der Waals surface area contributed by atoms with E-state index in [-0.39, 0.29) is 35.2 Å². The van der Waals surface area contributed by atoms with Crippen molar-refractivity contribution in [2.24, 2.45) is 0 Å². The summed E-state index contributed by atoms with van der Waals surface area (Å²) in [5, 5.41) is 0. The molecule has 0 saturated heterocycles. The third-order valence-corrected chi connectivity index (χ3v) is 7.57. The van der Waals surface area contributed by atoms with Crippen molar-refractivity contribution in [2.75, 3.05) is 27.9 Å². The number of esters is 1. The number of ether oxygens (including phenoxy) is 3. The van der Waals surface area contributed by atoms with Crippen molar-refractivity contribution in [3.05, 3.63) is 53.1 Å². The van der Waals surface area contributed by atoms with Crippen LogP contribution in [-0.2, 0) is 26.1 Å². The van der Waals surface area contributed by atoms with E-state index >= 15 is 0 Å². The Kier molecular flexibility index (Phi) is 6.22. The van der Waals surface area contributed by atoms with E-state index < -0.39 is 27.8 Å². The second-order valence-corrected chi connectivity index (χ2v) is 9.79. The number of hydrogen-bond donors (Lipinski definition) is 0. The first-order valence-electron chi connectivity index (χ1n) is 10.5. The van der Waals surface area contributed by atoms with E-state index in [4.69, 9.17) is 14.2 Å². The summed E-state index contributed by atoms with van der Waals surface area (Å²) >= 11 is 0. The molecule has 0 radical (unpaired) electrons. The summed E-state index contributed by atoms with van der Waals surface area (Å²) in [7, 11) is 0.164. The Morgan fingerprint density at radius 2 is 1.68 bits per heavy atom. The highest BCUT2D eigenvalue weighted by molar-refractivity contribution is 7.90. The van der Waals surface area contributed by atoms with Crippen LogP contribution >= 0.6 is 0 Å². The van der Waals surface area contributed by atoms with E-state index in [9.17, 15) is 22.8 Å². The molecule has 0 aromatic heterocycles. The first-order valence-corrected chi connectivity index (χ1v) is 11.9. The Morgan fingerprint density at radius 1 is 1.03 bits per heavy atom. The van der Waals surface area contributed by atoms with Gasteiger partial charge in [-0.25, -0.2) is 12.7 Å². The molecule has 2 amide bonds. The molecule has 0 unspecified atom stereocenters. The smallest absolute Gasteiger partial charge is 0.325 e. The molecule has 0 N–H and O–H groups in total. The van der Waals surface area contributed by atoms with Crippen molar-refractivity contribution >= 4 is 27.8 Å². The van der Waals surface area contributed by atoms with E-state index in [0.29, 0.717) is 29.9 Å². The molecule has 10 nitrogen and oxygen atoms in total. The zero-order valence-corrected chi connectivity index (χ0v) is 19.8. The molecule has 0 spiro atoms. The van der Waals surface area contributed by atoms with E-state index in [1.54, 1.807) is 18.2 Å². The molecule has 4 rings (SSSR count). The fourth-order valence-corrected chi connectivity index (χ4v) is 5.67. The monoisotopic (exact) mass is 488 g/mol. The number of rotatable bonds is 8. The summed E-state index contributed by atoms with van der Waals surface area (Å²) in [6, 6.07) is 8.66. The van der Waals surface area contributed by atoms with Gasteiger partial charge in [-0.05, 0) is 48.7 Å². The minimum atomic E-state index is -4.03. The van der Waals surface area contributed by atoms with Gasteiger partial charge in [0.2, 0.25) is 0 Å². The Hall–Kier alpha value is -3.60. The summed E-state index contributed by atoms with van der Waals surface area (Å²) < 4.78 is 42.1. The highest BCUT2D eigenvalue weighted by Gasteiger charge is 2.49. The van der Waals surface area contributed by atoms with Crippen LogP contribution in [-0.4, -0.2) is 69.3 Å². The maximum atomic E-state index is 13.4. The molecule has 2 aliphatic rings. The molecule has 1 heterocycles. The van der Waals surface area contributed by atoms with Crippen molar-refractivity contribution in [1.82, 2.24) is 9.21 Å². The molecular formula is C23H24N2O8S. The van der Waals surface area contributed by atoms with E-state index in [2.05, 4.69) is 0 Å². The van der Waals surface area contributed by atoms with E-state index in [0.717, 1.165) is 4.31 Å². The molecule has 1 saturated carbocycles. The Balaban J connectivity index is 1.68. The Labute approximate surface area is 197 Å². The molecule has 2 aromatic rings. The van der Waals surface area contributed by atoms with Crippen molar-refractivity contribution < 1.29 is 37.0 Å². The normalized spacial score (nSPS) is 16.1. The predicted molar refractivity (Wildman–Crippen MR) is 119 cm³/mol. The molecule has 1 aliphatic heterocycles. The highest BCUT2D eigenvalue weighted by atomic mass is 32.2. The third kappa shape index (κ3) is 4.30. The molecule has 1 fully saturated rings. The lowest BCUT2D eigenvalue weighted by Crippen LogP contribution is -2.36. The van der Waals surface area contributed by atoms with E-state index in [1.807, 2.05) is 0 Å². The van der Waals surface area contributed by atoms with Crippen molar-refractivity contribution in [2.45, 2.75) is 30.3 Å².